The molecule has 86 valence electrons. The Kier molecular flexibility index (Phi) is 2.99. The zero-order chi connectivity index (χ0) is 11.0. The van der Waals surface area contributed by atoms with E-state index in [-0.39, 0.29) is 0 Å². The van der Waals surface area contributed by atoms with Crippen molar-refractivity contribution in [3.8, 4) is 0 Å². The standard InChI is InChI=1S/C13H18NS2/c1-2-12-8-10-9-14(16-13(10)15-12)11-6-4-3-5-7-11/h8-9,11H,2-7H2,1H3/q+1. The molecule has 0 spiro atoms. The number of aromatic nitrogens is 1. The molecule has 0 aliphatic heterocycles. The Bertz CT molecular complexity index is 446. The Labute approximate surface area is 105 Å². The molecule has 16 heavy (non-hydrogen) atoms. The number of hydrogen-bond acceptors (Lipinski definition) is 2. The van der Waals surface area contributed by atoms with Crippen molar-refractivity contribution >= 4 is 32.3 Å². The average molecular weight is 252 g/mol. The van der Waals surface area contributed by atoms with Gasteiger partial charge < -0.3 is 0 Å². The molecular formula is C13H18NS2+. The van der Waals surface area contributed by atoms with E-state index in [0.717, 1.165) is 6.04 Å². The van der Waals surface area contributed by atoms with E-state index in [9.17, 15) is 0 Å². The fourth-order valence-electron chi connectivity index (χ4n) is 2.55. The Morgan fingerprint density at radius 3 is 2.81 bits per heavy atom. The van der Waals surface area contributed by atoms with E-state index < -0.39 is 0 Å². The van der Waals surface area contributed by atoms with E-state index in [4.69, 9.17) is 0 Å². The summed E-state index contributed by atoms with van der Waals surface area (Å²) < 4.78 is 4.03. The van der Waals surface area contributed by atoms with Gasteiger partial charge >= 0.3 is 0 Å². The highest BCUT2D eigenvalue weighted by atomic mass is 32.2. The number of fused-ring (bicyclic) bond motifs is 1. The molecular weight excluding hydrogens is 234 g/mol. The fourth-order valence-corrected chi connectivity index (χ4v) is 5.01. The Balaban J connectivity index is 1.89. The predicted octanol–water partition coefficient (Wildman–Crippen LogP) is 4.32. The molecule has 2 aromatic rings. The van der Waals surface area contributed by atoms with Gasteiger partial charge in [-0.05, 0) is 25.3 Å². The molecule has 3 heteroatoms. The van der Waals surface area contributed by atoms with Crippen LogP contribution in [0.25, 0.3) is 9.40 Å². The number of nitrogens with zero attached hydrogens (tertiary/aromatic N) is 1. The smallest absolute Gasteiger partial charge is 0.136 e. The number of hydrogen-bond donors (Lipinski definition) is 0. The molecule has 0 amide bonds. The lowest BCUT2D eigenvalue weighted by Gasteiger charge is -2.14. The van der Waals surface area contributed by atoms with Crippen LogP contribution < -0.4 is 3.96 Å². The maximum absolute atomic E-state index is 2.51. The van der Waals surface area contributed by atoms with Crippen molar-refractivity contribution < 1.29 is 3.96 Å². The molecule has 0 saturated heterocycles. The van der Waals surface area contributed by atoms with Gasteiger partial charge in [-0.2, -0.15) is 0 Å². The summed E-state index contributed by atoms with van der Waals surface area (Å²) in [5.74, 6) is 0. The van der Waals surface area contributed by atoms with E-state index in [2.05, 4.69) is 23.1 Å². The fraction of sp³-hybridized carbons (Fsp3) is 0.615. The van der Waals surface area contributed by atoms with Crippen molar-refractivity contribution in [1.29, 1.82) is 0 Å². The molecule has 0 aromatic carbocycles. The highest BCUT2D eigenvalue weighted by Gasteiger charge is 2.25. The molecule has 1 aliphatic carbocycles. The molecule has 0 bridgehead atoms. The maximum atomic E-state index is 2.51. The van der Waals surface area contributed by atoms with Crippen LogP contribution >= 0.6 is 22.9 Å². The maximum Gasteiger partial charge on any atom is 0.193 e. The van der Waals surface area contributed by atoms with Crippen molar-refractivity contribution in [2.75, 3.05) is 0 Å². The molecule has 0 N–H and O–H groups in total. The minimum absolute atomic E-state index is 0.795. The van der Waals surface area contributed by atoms with E-state index in [1.165, 1.54) is 52.8 Å². The van der Waals surface area contributed by atoms with Crippen LogP contribution in [0.1, 0.15) is 49.9 Å². The molecule has 0 radical (unpaired) electrons. The van der Waals surface area contributed by atoms with Gasteiger partial charge in [0.05, 0.1) is 5.39 Å². The molecule has 0 unspecified atom stereocenters. The monoisotopic (exact) mass is 252 g/mol. The SMILES string of the molecule is CCc1cc2c[n+](C3CCCCC3)sc2s1. The van der Waals surface area contributed by atoms with Gasteiger partial charge in [0.2, 0.25) is 0 Å². The van der Waals surface area contributed by atoms with Gasteiger partial charge in [-0.1, -0.05) is 13.3 Å². The van der Waals surface area contributed by atoms with Gasteiger partial charge in [-0.15, -0.1) is 15.3 Å². The minimum atomic E-state index is 0.795. The lowest BCUT2D eigenvalue weighted by molar-refractivity contribution is -0.660. The second-order valence-corrected chi connectivity index (χ2v) is 7.09. The van der Waals surface area contributed by atoms with Crippen molar-refractivity contribution in [1.82, 2.24) is 0 Å². The lowest BCUT2D eigenvalue weighted by atomic mass is 9.96. The van der Waals surface area contributed by atoms with Crippen molar-refractivity contribution in [2.45, 2.75) is 51.5 Å². The second-order valence-electron chi connectivity index (χ2n) is 4.68. The topological polar surface area (TPSA) is 3.88 Å². The van der Waals surface area contributed by atoms with Crippen LogP contribution in [0.2, 0.25) is 0 Å². The van der Waals surface area contributed by atoms with Crippen LogP contribution in [0.15, 0.2) is 12.3 Å². The summed E-state index contributed by atoms with van der Waals surface area (Å²) in [6.07, 6.45) is 10.6. The third-order valence-electron chi connectivity index (χ3n) is 3.51. The Morgan fingerprint density at radius 2 is 2.12 bits per heavy atom. The molecule has 1 nitrogen and oxygen atoms in total. The quantitative estimate of drug-likeness (QED) is 0.701. The third kappa shape index (κ3) is 1.91. The van der Waals surface area contributed by atoms with E-state index in [0.29, 0.717) is 0 Å². The summed E-state index contributed by atoms with van der Waals surface area (Å²) in [7, 11) is 0. The van der Waals surface area contributed by atoms with E-state index >= 15 is 0 Å². The van der Waals surface area contributed by atoms with Crippen LogP contribution in [0.4, 0.5) is 0 Å². The van der Waals surface area contributed by atoms with Crippen LogP contribution in [-0.4, -0.2) is 0 Å². The van der Waals surface area contributed by atoms with Gasteiger partial charge in [0.1, 0.15) is 0 Å². The predicted molar refractivity (Wildman–Crippen MR) is 71.4 cm³/mol. The molecule has 2 heterocycles. The van der Waals surface area contributed by atoms with Crippen LogP contribution in [-0.2, 0) is 6.42 Å². The van der Waals surface area contributed by atoms with E-state index in [1.807, 2.05) is 22.9 Å². The largest absolute Gasteiger partial charge is 0.193 e. The number of rotatable bonds is 2. The van der Waals surface area contributed by atoms with Gasteiger partial charge in [0.15, 0.2) is 27.8 Å². The third-order valence-corrected chi connectivity index (χ3v) is 6.09. The summed E-state index contributed by atoms with van der Waals surface area (Å²) in [6.45, 7) is 2.24. The van der Waals surface area contributed by atoms with Crippen molar-refractivity contribution in [2.24, 2.45) is 0 Å². The average Bonchev–Trinajstić information content (AvgIpc) is 2.87. The molecule has 2 aromatic heterocycles. The highest BCUT2D eigenvalue weighted by molar-refractivity contribution is 7.34. The summed E-state index contributed by atoms with van der Waals surface area (Å²) in [5, 5.41) is 1.47. The minimum Gasteiger partial charge on any atom is -0.136 e. The van der Waals surface area contributed by atoms with E-state index in [1.54, 1.807) is 0 Å². The zero-order valence-electron chi connectivity index (χ0n) is 9.74. The molecule has 0 atom stereocenters. The first-order chi connectivity index (χ1) is 7.86. The van der Waals surface area contributed by atoms with Gasteiger partial charge in [0.25, 0.3) is 0 Å². The first kappa shape index (κ1) is 10.7. The zero-order valence-corrected chi connectivity index (χ0v) is 11.4. The first-order valence-electron chi connectivity index (χ1n) is 6.30. The van der Waals surface area contributed by atoms with Crippen LogP contribution in [0.3, 0.4) is 0 Å². The molecule has 3 rings (SSSR count). The lowest BCUT2D eigenvalue weighted by Crippen LogP contribution is -2.35. The molecule has 1 saturated carbocycles. The van der Waals surface area contributed by atoms with Crippen LogP contribution in [0, 0.1) is 0 Å². The van der Waals surface area contributed by atoms with Gasteiger partial charge in [-0.3, -0.25) is 0 Å². The van der Waals surface area contributed by atoms with Crippen molar-refractivity contribution in [3.63, 3.8) is 0 Å². The molecule has 1 fully saturated rings. The first-order valence-corrected chi connectivity index (χ1v) is 7.89. The summed E-state index contributed by atoms with van der Waals surface area (Å²) in [5.41, 5.74) is 0. The van der Waals surface area contributed by atoms with Gasteiger partial charge in [0, 0.05) is 17.7 Å². The summed E-state index contributed by atoms with van der Waals surface area (Å²) in [6, 6.07) is 3.17. The van der Waals surface area contributed by atoms with Crippen LogP contribution in [0.5, 0.6) is 0 Å². The van der Waals surface area contributed by atoms with Crippen molar-refractivity contribution in [3.05, 3.63) is 17.1 Å². The Morgan fingerprint density at radius 1 is 1.31 bits per heavy atom. The van der Waals surface area contributed by atoms with Gasteiger partial charge in [-0.25, -0.2) is 0 Å². The Hall–Kier alpha value is -0.410. The number of aryl methyl sites for hydroxylation is 1. The normalized spacial score (nSPS) is 18.3. The number of thiophene rings is 1. The second kappa shape index (κ2) is 4.46. The summed E-state index contributed by atoms with van der Waals surface area (Å²) in [4.78, 5) is 1.53. The highest BCUT2D eigenvalue weighted by Crippen LogP contribution is 2.31. The molecule has 1 aliphatic rings. The summed E-state index contributed by atoms with van der Waals surface area (Å²) >= 11 is 3.95.